The first kappa shape index (κ1) is 16.3. The maximum Gasteiger partial charge on any atom is 0.145 e. The summed E-state index contributed by atoms with van der Waals surface area (Å²) < 4.78 is 2.21. The van der Waals surface area contributed by atoms with Crippen LogP contribution in [0.2, 0.25) is 0 Å². The van der Waals surface area contributed by atoms with Crippen molar-refractivity contribution in [3.8, 4) is 11.3 Å². The summed E-state index contributed by atoms with van der Waals surface area (Å²) in [5.74, 6) is 0. The predicted molar refractivity (Wildman–Crippen MR) is 120 cm³/mol. The van der Waals surface area contributed by atoms with E-state index in [1.54, 1.807) is 0 Å². The van der Waals surface area contributed by atoms with Crippen LogP contribution >= 0.6 is 0 Å². The van der Waals surface area contributed by atoms with Crippen molar-refractivity contribution in [2.45, 2.75) is 13.8 Å². The van der Waals surface area contributed by atoms with Gasteiger partial charge in [-0.05, 0) is 36.4 Å². The van der Waals surface area contributed by atoms with Crippen molar-refractivity contribution in [1.82, 2.24) is 14.4 Å². The van der Waals surface area contributed by atoms with E-state index in [1.807, 2.05) is 12.3 Å². The van der Waals surface area contributed by atoms with E-state index >= 15 is 0 Å². The number of hydrogen-bond donors (Lipinski definition) is 0. The fraction of sp³-hybridized carbons (Fsp3) is 0.0769. The Hall–Kier alpha value is -3.72. The zero-order chi connectivity index (χ0) is 19.5. The molecule has 0 fully saturated rings. The summed E-state index contributed by atoms with van der Waals surface area (Å²) in [4.78, 5) is 9.83. The zero-order valence-electron chi connectivity index (χ0n) is 16.3. The number of fused-ring (bicyclic) bond motifs is 8. The molecule has 0 aliphatic rings. The number of rotatable bonds is 1. The summed E-state index contributed by atoms with van der Waals surface area (Å²) in [7, 11) is 0. The highest BCUT2D eigenvalue weighted by molar-refractivity contribution is 6.21. The van der Waals surface area contributed by atoms with Gasteiger partial charge in [0.2, 0.25) is 0 Å². The lowest BCUT2D eigenvalue weighted by molar-refractivity contribution is 1.25. The second-order valence-corrected chi connectivity index (χ2v) is 7.67. The van der Waals surface area contributed by atoms with Crippen molar-refractivity contribution in [3.05, 3.63) is 90.3 Å². The van der Waals surface area contributed by atoms with Gasteiger partial charge >= 0.3 is 0 Å². The number of hydrogen-bond acceptors (Lipinski definition) is 2. The largest absolute Gasteiger partial charge is 0.297 e. The summed E-state index contributed by atoms with van der Waals surface area (Å²) in [5, 5.41) is 4.77. The molecule has 29 heavy (non-hydrogen) atoms. The third-order valence-corrected chi connectivity index (χ3v) is 5.90. The highest BCUT2D eigenvalue weighted by Crippen LogP contribution is 2.35. The molecule has 3 nitrogen and oxygen atoms in total. The molecule has 0 aliphatic carbocycles. The molecule has 3 aromatic carbocycles. The van der Waals surface area contributed by atoms with Crippen LogP contribution in [0, 0.1) is 13.8 Å². The van der Waals surface area contributed by atoms with E-state index in [0.29, 0.717) is 0 Å². The van der Waals surface area contributed by atoms with Gasteiger partial charge in [0, 0.05) is 27.9 Å². The third-order valence-electron chi connectivity index (χ3n) is 5.90. The van der Waals surface area contributed by atoms with E-state index in [1.165, 1.54) is 32.8 Å². The standard InChI is InChI=1S/C26H19N3/c1-16-8-7-9-17(2)24(16)22-15-29-23-14-27-21-13-6-5-12-20(21)25(23)18-10-3-4-11-19(18)26(29)28-22/h3-15H,1-2H3. The van der Waals surface area contributed by atoms with Gasteiger partial charge in [-0.2, -0.15) is 0 Å². The maximum atomic E-state index is 5.10. The predicted octanol–water partition coefficient (Wildman–Crippen LogP) is 6.47. The Morgan fingerprint density at radius 2 is 1.41 bits per heavy atom. The monoisotopic (exact) mass is 373 g/mol. The van der Waals surface area contributed by atoms with Gasteiger partial charge in [-0.3, -0.25) is 9.38 Å². The van der Waals surface area contributed by atoms with E-state index in [9.17, 15) is 0 Å². The fourth-order valence-corrected chi connectivity index (χ4v) is 4.59. The first-order chi connectivity index (χ1) is 14.2. The smallest absolute Gasteiger partial charge is 0.145 e. The van der Waals surface area contributed by atoms with Crippen LogP contribution in [0.4, 0.5) is 0 Å². The van der Waals surface area contributed by atoms with Crippen LogP contribution in [0.15, 0.2) is 79.1 Å². The zero-order valence-corrected chi connectivity index (χ0v) is 16.3. The number of para-hydroxylation sites is 1. The van der Waals surface area contributed by atoms with E-state index in [0.717, 1.165) is 27.8 Å². The van der Waals surface area contributed by atoms with E-state index in [-0.39, 0.29) is 0 Å². The Balaban J connectivity index is 1.85. The molecule has 6 rings (SSSR count). The van der Waals surface area contributed by atoms with Gasteiger partial charge in [0.05, 0.1) is 22.9 Å². The molecular formula is C26H19N3. The van der Waals surface area contributed by atoms with Gasteiger partial charge in [-0.25, -0.2) is 4.98 Å². The minimum absolute atomic E-state index is 0.975. The molecule has 3 heteroatoms. The first-order valence-corrected chi connectivity index (χ1v) is 9.86. The molecule has 0 unspecified atom stereocenters. The molecule has 0 bridgehead atoms. The molecule has 138 valence electrons. The number of aromatic nitrogens is 3. The Morgan fingerprint density at radius 1 is 0.724 bits per heavy atom. The van der Waals surface area contributed by atoms with Crippen LogP contribution in [-0.4, -0.2) is 14.4 Å². The number of pyridine rings is 2. The van der Waals surface area contributed by atoms with Gasteiger partial charge < -0.3 is 0 Å². The van der Waals surface area contributed by atoms with Crippen molar-refractivity contribution in [3.63, 3.8) is 0 Å². The number of imidazole rings is 1. The second-order valence-electron chi connectivity index (χ2n) is 7.67. The molecule has 0 spiro atoms. The van der Waals surface area contributed by atoms with E-state index in [4.69, 9.17) is 9.97 Å². The molecule has 0 atom stereocenters. The molecule has 0 N–H and O–H groups in total. The Labute approximate surface area is 168 Å². The molecule has 6 aromatic rings. The molecule has 0 amide bonds. The van der Waals surface area contributed by atoms with Gasteiger partial charge in [0.25, 0.3) is 0 Å². The molecule has 0 saturated carbocycles. The third kappa shape index (κ3) is 2.24. The molecule has 3 heterocycles. The van der Waals surface area contributed by atoms with Crippen LogP contribution in [-0.2, 0) is 0 Å². The van der Waals surface area contributed by atoms with E-state index < -0.39 is 0 Å². The van der Waals surface area contributed by atoms with Crippen molar-refractivity contribution in [2.24, 2.45) is 0 Å². The van der Waals surface area contributed by atoms with Crippen molar-refractivity contribution >= 4 is 38.2 Å². The van der Waals surface area contributed by atoms with Crippen molar-refractivity contribution in [2.75, 3.05) is 0 Å². The number of aryl methyl sites for hydroxylation is 2. The highest BCUT2D eigenvalue weighted by Gasteiger charge is 2.16. The average Bonchev–Trinajstić information content (AvgIpc) is 3.18. The molecule has 0 saturated heterocycles. The minimum Gasteiger partial charge on any atom is -0.297 e. The lowest BCUT2D eigenvalue weighted by Crippen LogP contribution is -1.92. The Morgan fingerprint density at radius 3 is 2.21 bits per heavy atom. The lowest BCUT2D eigenvalue weighted by Gasteiger charge is -2.10. The first-order valence-electron chi connectivity index (χ1n) is 9.86. The topological polar surface area (TPSA) is 30.2 Å². The minimum atomic E-state index is 0.975. The molecule has 0 aliphatic heterocycles. The van der Waals surface area contributed by atoms with Crippen LogP contribution < -0.4 is 0 Å². The summed E-state index contributed by atoms with van der Waals surface area (Å²) in [6, 6.07) is 23.3. The molecule has 3 aromatic heterocycles. The second kappa shape index (κ2) is 5.89. The van der Waals surface area contributed by atoms with Crippen LogP contribution in [0.1, 0.15) is 11.1 Å². The summed E-state index contributed by atoms with van der Waals surface area (Å²) in [6.45, 7) is 4.30. The Kier molecular flexibility index (Phi) is 3.30. The quantitative estimate of drug-likeness (QED) is 0.309. The maximum absolute atomic E-state index is 5.10. The van der Waals surface area contributed by atoms with Gasteiger partial charge in [0.15, 0.2) is 0 Å². The van der Waals surface area contributed by atoms with Gasteiger partial charge in [0.1, 0.15) is 5.65 Å². The SMILES string of the molecule is Cc1cccc(C)c1-c1cn2c3cnc4ccccc4c3c3ccccc3c2n1. The lowest BCUT2D eigenvalue weighted by atomic mass is 10.0. The fourth-order valence-electron chi connectivity index (χ4n) is 4.59. The van der Waals surface area contributed by atoms with E-state index in [2.05, 4.69) is 85.1 Å². The molecular weight excluding hydrogens is 354 g/mol. The highest BCUT2D eigenvalue weighted by atomic mass is 15.0. The molecule has 0 radical (unpaired) electrons. The normalized spacial score (nSPS) is 11.8. The summed E-state index contributed by atoms with van der Waals surface area (Å²) >= 11 is 0. The number of benzene rings is 3. The Bertz CT molecular complexity index is 1550. The van der Waals surface area contributed by atoms with Gasteiger partial charge in [-0.1, -0.05) is 60.7 Å². The van der Waals surface area contributed by atoms with Crippen molar-refractivity contribution in [1.29, 1.82) is 0 Å². The van der Waals surface area contributed by atoms with Crippen LogP contribution in [0.25, 0.3) is 49.5 Å². The summed E-state index contributed by atoms with van der Waals surface area (Å²) in [6.07, 6.45) is 4.14. The van der Waals surface area contributed by atoms with Crippen LogP contribution in [0.5, 0.6) is 0 Å². The van der Waals surface area contributed by atoms with Crippen LogP contribution in [0.3, 0.4) is 0 Å². The number of nitrogens with zero attached hydrogens (tertiary/aromatic N) is 3. The van der Waals surface area contributed by atoms with Crippen molar-refractivity contribution < 1.29 is 0 Å². The van der Waals surface area contributed by atoms with Gasteiger partial charge in [-0.15, -0.1) is 0 Å². The summed E-state index contributed by atoms with van der Waals surface area (Å²) in [5.41, 5.74) is 7.77. The average molecular weight is 373 g/mol.